The van der Waals surface area contributed by atoms with Crippen molar-refractivity contribution < 1.29 is 4.79 Å². The summed E-state index contributed by atoms with van der Waals surface area (Å²) in [4.78, 5) is 28.0. The lowest BCUT2D eigenvalue weighted by Gasteiger charge is -2.35. The number of anilines is 3. The molecule has 1 aliphatic heterocycles. The number of para-hydroxylation sites is 1. The summed E-state index contributed by atoms with van der Waals surface area (Å²) in [5.74, 6) is 0.739. The maximum Gasteiger partial charge on any atom is 0.223 e. The fourth-order valence-corrected chi connectivity index (χ4v) is 6.65. The van der Waals surface area contributed by atoms with Crippen LogP contribution in [-0.2, 0) is 11.2 Å². The van der Waals surface area contributed by atoms with Crippen LogP contribution < -0.4 is 27.0 Å². The van der Waals surface area contributed by atoms with Gasteiger partial charge in [0.2, 0.25) is 11.9 Å². The van der Waals surface area contributed by atoms with Gasteiger partial charge in [-0.15, -0.1) is 0 Å². The fraction of sp³-hybridized carbons (Fsp3) is 0.400. The molecule has 0 bridgehead atoms. The molecule has 12 heteroatoms. The largest absolute Gasteiger partial charge is 0.369 e. The summed E-state index contributed by atoms with van der Waals surface area (Å²) >= 11 is 18.7. The van der Waals surface area contributed by atoms with Gasteiger partial charge >= 0.3 is 0 Å². The molecule has 1 saturated carbocycles. The number of hydrogen-bond donors (Lipinski definition) is 4. The Labute approximate surface area is 261 Å². The van der Waals surface area contributed by atoms with E-state index in [0.717, 1.165) is 57.3 Å². The Bertz CT molecular complexity index is 1410. The van der Waals surface area contributed by atoms with Crippen molar-refractivity contribution in [3.8, 4) is 0 Å². The van der Waals surface area contributed by atoms with Crippen molar-refractivity contribution in [2.24, 2.45) is 28.3 Å². The molecule has 1 aliphatic carbocycles. The second kappa shape index (κ2) is 13.8. The van der Waals surface area contributed by atoms with E-state index in [2.05, 4.69) is 49.8 Å². The zero-order chi connectivity index (χ0) is 29.6. The van der Waals surface area contributed by atoms with E-state index in [-0.39, 0.29) is 33.9 Å². The summed E-state index contributed by atoms with van der Waals surface area (Å²) in [6, 6.07) is 13.8. The molecule has 0 spiro atoms. The lowest BCUT2D eigenvalue weighted by molar-refractivity contribution is -0.122. The van der Waals surface area contributed by atoms with Gasteiger partial charge in [0.1, 0.15) is 5.69 Å². The van der Waals surface area contributed by atoms with Crippen LogP contribution in [-0.4, -0.2) is 41.0 Å². The van der Waals surface area contributed by atoms with Crippen LogP contribution in [0.5, 0.6) is 0 Å². The first-order valence-electron chi connectivity index (χ1n) is 14.2. The summed E-state index contributed by atoms with van der Waals surface area (Å²) in [6.07, 6.45) is 7.89. The van der Waals surface area contributed by atoms with Gasteiger partial charge in [0, 0.05) is 35.8 Å². The number of aromatic nitrogens is 2. The average molecular weight is 630 g/mol. The minimum atomic E-state index is -0.218. The Balaban J connectivity index is 1.35. The van der Waals surface area contributed by atoms with Crippen molar-refractivity contribution in [3.63, 3.8) is 0 Å². The number of hydrogen-bond acceptors (Lipinski definition) is 6. The van der Waals surface area contributed by atoms with Crippen LogP contribution in [0.15, 0.2) is 53.7 Å². The molecule has 42 heavy (non-hydrogen) atoms. The number of rotatable bonds is 8. The second-order valence-electron chi connectivity index (χ2n) is 11.0. The first-order chi connectivity index (χ1) is 20.2. The number of nitrogens with two attached hydrogens (primary N) is 2. The van der Waals surface area contributed by atoms with Crippen molar-refractivity contribution >= 4 is 69.7 Å². The quantitative estimate of drug-likeness (QED) is 0.167. The van der Waals surface area contributed by atoms with Crippen LogP contribution in [0.3, 0.4) is 0 Å². The molecule has 2 aromatic carbocycles. The molecule has 0 unspecified atom stereocenters. The van der Waals surface area contributed by atoms with E-state index in [4.69, 9.17) is 51.3 Å². The van der Waals surface area contributed by atoms with E-state index in [9.17, 15) is 4.79 Å². The monoisotopic (exact) mass is 628 g/mol. The van der Waals surface area contributed by atoms with Crippen LogP contribution in [0, 0.1) is 11.8 Å². The molecule has 1 atom stereocenters. The number of benzene rings is 2. The smallest absolute Gasteiger partial charge is 0.223 e. The van der Waals surface area contributed by atoms with Gasteiger partial charge in [0.15, 0.2) is 5.96 Å². The highest BCUT2D eigenvalue weighted by Crippen LogP contribution is 2.36. The van der Waals surface area contributed by atoms with Gasteiger partial charge in [-0.1, -0.05) is 53.0 Å². The summed E-state index contributed by atoms with van der Waals surface area (Å²) in [5, 5.41) is 7.69. The molecular weight excluding hydrogens is 595 g/mol. The number of piperidine rings is 1. The normalized spacial score (nSPS) is 21.2. The van der Waals surface area contributed by atoms with Crippen LogP contribution in [0.25, 0.3) is 0 Å². The Kier molecular flexibility index (Phi) is 9.92. The van der Waals surface area contributed by atoms with Crippen LogP contribution in [0.1, 0.15) is 44.2 Å². The van der Waals surface area contributed by atoms with Gasteiger partial charge in [-0.2, -0.15) is 0 Å². The minimum Gasteiger partial charge on any atom is -0.369 e. The summed E-state index contributed by atoms with van der Waals surface area (Å²) in [7, 11) is 0. The number of amides is 1. The molecule has 6 N–H and O–H groups in total. The fourth-order valence-electron chi connectivity index (χ4n) is 5.75. The number of nitrogens with one attached hydrogen (secondary N) is 2. The Hall–Kier alpha value is -3.27. The molecule has 222 valence electrons. The molecule has 0 radical (unpaired) electrons. The predicted octanol–water partition coefficient (Wildman–Crippen LogP) is 6.41. The van der Waals surface area contributed by atoms with Gasteiger partial charge < -0.3 is 27.0 Å². The standard InChI is InChI=1S/C30H35Cl3N8O/c31-20-14-23(32)27(24(33)15-20)40-29(35)38-26-16-36-30(39-25(26)13-18-8-10-19(11-9-18)28(34)42)37-21-5-4-12-41(17-21)22-6-2-1-3-7-22/h1-3,6-7,14-16,18-19,21H,4-5,8-13,17H2,(H2,34,42)(H3,35,38,40)(H,36,37,39)/t18?,19?,21-/m1/s1. The number of aliphatic imine (C=N–C) groups is 1. The van der Waals surface area contributed by atoms with Gasteiger partial charge in [0.05, 0.1) is 27.6 Å². The van der Waals surface area contributed by atoms with Gasteiger partial charge in [-0.3, -0.25) is 4.79 Å². The highest BCUT2D eigenvalue weighted by molar-refractivity contribution is 6.41. The second-order valence-corrected chi connectivity index (χ2v) is 12.2. The van der Waals surface area contributed by atoms with E-state index in [0.29, 0.717) is 34.7 Å². The summed E-state index contributed by atoms with van der Waals surface area (Å²) < 4.78 is 0. The molecule has 2 heterocycles. The van der Waals surface area contributed by atoms with E-state index in [1.807, 2.05) is 6.07 Å². The Morgan fingerprint density at radius 2 is 1.74 bits per heavy atom. The third-order valence-corrected chi connectivity index (χ3v) is 8.75. The highest BCUT2D eigenvalue weighted by atomic mass is 35.5. The Morgan fingerprint density at radius 3 is 2.43 bits per heavy atom. The molecule has 2 aliphatic rings. The minimum absolute atomic E-state index is 0.0583. The SMILES string of the molecule is NC(=O)C1CCC(Cc2nc(N[C@@H]3CCCN(c4ccccc4)C3)ncc2NC(N)=Nc2c(Cl)cc(Cl)cc2Cl)CC1. The number of nitrogens with zero attached hydrogens (tertiary/aromatic N) is 4. The maximum absolute atomic E-state index is 11.7. The van der Waals surface area contributed by atoms with Crippen molar-refractivity contribution in [1.82, 2.24) is 9.97 Å². The molecule has 5 rings (SSSR count). The van der Waals surface area contributed by atoms with Crippen LogP contribution in [0.4, 0.5) is 23.0 Å². The zero-order valence-corrected chi connectivity index (χ0v) is 25.5. The molecule has 1 aromatic heterocycles. The van der Waals surface area contributed by atoms with Crippen molar-refractivity contribution in [3.05, 3.63) is 69.4 Å². The number of primary amides is 1. The van der Waals surface area contributed by atoms with Gasteiger partial charge in [-0.05, 0) is 75.1 Å². The van der Waals surface area contributed by atoms with Crippen LogP contribution >= 0.6 is 34.8 Å². The molecule has 2 fully saturated rings. The van der Waals surface area contributed by atoms with Crippen molar-refractivity contribution in [2.75, 3.05) is 28.6 Å². The van der Waals surface area contributed by atoms with E-state index in [1.165, 1.54) is 5.69 Å². The van der Waals surface area contributed by atoms with E-state index in [1.54, 1.807) is 18.3 Å². The first kappa shape index (κ1) is 30.2. The lowest BCUT2D eigenvalue weighted by Crippen LogP contribution is -2.42. The third-order valence-electron chi connectivity index (χ3n) is 7.95. The third kappa shape index (κ3) is 7.76. The molecule has 1 saturated heterocycles. The summed E-state index contributed by atoms with van der Waals surface area (Å²) in [6.45, 7) is 1.88. The maximum atomic E-state index is 11.7. The topological polar surface area (TPSA) is 135 Å². The van der Waals surface area contributed by atoms with Crippen molar-refractivity contribution in [1.29, 1.82) is 0 Å². The average Bonchev–Trinajstić information content (AvgIpc) is 2.97. The summed E-state index contributed by atoms with van der Waals surface area (Å²) in [5.41, 5.74) is 14.8. The number of carbonyl (C=O) groups is 1. The first-order valence-corrected chi connectivity index (χ1v) is 15.4. The van der Waals surface area contributed by atoms with Gasteiger partial charge in [-0.25, -0.2) is 15.0 Å². The Morgan fingerprint density at radius 1 is 1.02 bits per heavy atom. The zero-order valence-electron chi connectivity index (χ0n) is 23.2. The molecule has 3 aromatic rings. The van der Waals surface area contributed by atoms with Crippen LogP contribution in [0.2, 0.25) is 15.1 Å². The number of guanidine groups is 1. The highest BCUT2D eigenvalue weighted by Gasteiger charge is 2.27. The predicted molar refractivity (Wildman–Crippen MR) is 172 cm³/mol. The molecular formula is C30H35Cl3N8O. The molecule has 1 amide bonds. The number of carbonyl (C=O) groups excluding carboxylic acids is 1. The van der Waals surface area contributed by atoms with E-state index < -0.39 is 0 Å². The van der Waals surface area contributed by atoms with Gasteiger partial charge in [0.25, 0.3) is 0 Å². The lowest BCUT2D eigenvalue weighted by atomic mass is 9.79. The van der Waals surface area contributed by atoms with E-state index >= 15 is 0 Å². The number of halogens is 3. The van der Waals surface area contributed by atoms with Crippen molar-refractivity contribution in [2.45, 2.75) is 51.0 Å². The molecule has 9 nitrogen and oxygen atoms in total.